The van der Waals surface area contributed by atoms with E-state index in [4.69, 9.17) is 4.84 Å². The molecule has 0 fully saturated rings. The predicted octanol–water partition coefficient (Wildman–Crippen LogP) is 1.95. The fourth-order valence-electron chi connectivity index (χ4n) is 1.25. The minimum atomic E-state index is 0.143. The average molecular weight is 191 g/mol. The molecule has 0 aromatic heterocycles. The van der Waals surface area contributed by atoms with Gasteiger partial charge in [0.25, 0.3) is 0 Å². The third-order valence-electron chi connectivity index (χ3n) is 1.87. The first kappa shape index (κ1) is 10.4. The lowest BCUT2D eigenvalue weighted by atomic mass is 10.0. The maximum Gasteiger partial charge on any atom is 0.142 e. The third-order valence-corrected chi connectivity index (χ3v) is 1.87. The van der Waals surface area contributed by atoms with Crippen molar-refractivity contribution in [2.75, 3.05) is 0 Å². The predicted molar refractivity (Wildman–Crippen MR) is 55.2 cm³/mol. The number of benzene rings is 1. The number of hydrogen-bond acceptors (Lipinski definition) is 3. The lowest BCUT2D eigenvalue weighted by Crippen LogP contribution is -2.01. The van der Waals surface area contributed by atoms with Gasteiger partial charge >= 0.3 is 0 Å². The normalized spacial score (nSPS) is 9.50. The molecule has 0 radical (unpaired) electrons. The van der Waals surface area contributed by atoms with Crippen molar-refractivity contribution >= 4 is 12.5 Å². The summed E-state index contributed by atoms with van der Waals surface area (Å²) in [6.45, 7) is 5.17. The molecule has 0 bridgehead atoms. The van der Waals surface area contributed by atoms with Gasteiger partial charge in [0.1, 0.15) is 12.4 Å². The van der Waals surface area contributed by atoms with E-state index in [0.29, 0.717) is 13.0 Å². The van der Waals surface area contributed by atoms with Gasteiger partial charge in [-0.1, -0.05) is 24.3 Å². The van der Waals surface area contributed by atoms with Gasteiger partial charge in [-0.2, -0.15) is 0 Å². The van der Waals surface area contributed by atoms with Crippen molar-refractivity contribution < 1.29 is 9.63 Å². The lowest BCUT2D eigenvalue weighted by molar-refractivity contribution is -0.116. The van der Waals surface area contributed by atoms with E-state index in [1.54, 1.807) is 6.92 Å². The first-order chi connectivity index (χ1) is 6.74. The van der Waals surface area contributed by atoms with Gasteiger partial charge in [-0.25, -0.2) is 0 Å². The molecule has 14 heavy (non-hydrogen) atoms. The number of rotatable bonds is 5. The van der Waals surface area contributed by atoms with Gasteiger partial charge in [-0.05, 0) is 18.1 Å². The zero-order valence-corrected chi connectivity index (χ0v) is 8.19. The van der Waals surface area contributed by atoms with Crippen molar-refractivity contribution in [3.05, 3.63) is 35.4 Å². The summed E-state index contributed by atoms with van der Waals surface area (Å²) in [4.78, 5) is 15.8. The fourth-order valence-corrected chi connectivity index (χ4v) is 1.25. The lowest BCUT2D eigenvalue weighted by Gasteiger charge is -2.05. The zero-order chi connectivity index (χ0) is 10.4. The summed E-state index contributed by atoms with van der Waals surface area (Å²) in [6.07, 6.45) is 0.441. The molecule has 0 atom stereocenters. The van der Waals surface area contributed by atoms with E-state index in [1.165, 1.54) is 0 Å². The highest BCUT2D eigenvalue weighted by atomic mass is 16.6. The Hall–Kier alpha value is -1.64. The Labute approximate surface area is 83.4 Å². The van der Waals surface area contributed by atoms with Crippen LogP contribution in [0, 0.1) is 0 Å². The number of carbonyl (C=O) groups excluding carboxylic acids is 1. The number of oxime groups is 1. The Morgan fingerprint density at radius 3 is 2.64 bits per heavy atom. The molecule has 0 N–H and O–H groups in total. The maximum absolute atomic E-state index is 11.0. The van der Waals surface area contributed by atoms with E-state index >= 15 is 0 Å². The van der Waals surface area contributed by atoms with Crippen LogP contribution in [0.4, 0.5) is 0 Å². The zero-order valence-electron chi connectivity index (χ0n) is 8.19. The summed E-state index contributed by atoms with van der Waals surface area (Å²) < 4.78 is 0. The van der Waals surface area contributed by atoms with Crippen LogP contribution >= 0.6 is 0 Å². The van der Waals surface area contributed by atoms with Gasteiger partial charge < -0.3 is 4.84 Å². The van der Waals surface area contributed by atoms with E-state index in [2.05, 4.69) is 11.9 Å². The highest BCUT2D eigenvalue weighted by Crippen LogP contribution is 2.11. The molecule has 1 aromatic rings. The van der Waals surface area contributed by atoms with Crippen LogP contribution in [0.2, 0.25) is 0 Å². The highest BCUT2D eigenvalue weighted by Gasteiger charge is 2.04. The Morgan fingerprint density at radius 1 is 1.43 bits per heavy atom. The summed E-state index contributed by atoms with van der Waals surface area (Å²) >= 11 is 0. The fraction of sp³-hybridized carbons (Fsp3) is 0.273. The molecule has 3 nitrogen and oxygen atoms in total. The number of Topliss-reactive ketones (excluding diaryl/α,β-unsaturated/α-hetero) is 1. The molecule has 0 amide bonds. The van der Waals surface area contributed by atoms with Gasteiger partial charge in [0.15, 0.2) is 0 Å². The molecule has 0 aliphatic carbocycles. The van der Waals surface area contributed by atoms with E-state index < -0.39 is 0 Å². The second-order valence-corrected chi connectivity index (χ2v) is 3.05. The van der Waals surface area contributed by atoms with Crippen molar-refractivity contribution in [2.24, 2.45) is 5.16 Å². The topological polar surface area (TPSA) is 38.7 Å². The molecule has 0 unspecified atom stereocenters. The summed E-state index contributed by atoms with van der Waals surface area (Å²) in [7, 11) is 0. The van der Waals surface area contributed by atoms with Crippen molar-refractivity contribution in [2.45, 2.75) is 20.0 Å². The van der Waals surface area contributed by atoms with Crippen molar-refractivity contribution in [1.82, 2.24) is 0 Å². The van der Waals surface area contributed by atoms with Crippen molar-refractivity contribution in [1.29, 1.82) is 0 Å². The molecule has 0 spiro atoms. The van der Waals surface area contributed by atoms with E-state index in [-0.39, 0.29) is 5.78 Å². The van der Waals surface area contributed by atoms with Crippen molar-refractivity contribution in [3.63, 3.8) is 0 Å². The standard InChI is InChI=1S/C11H13NO2/c1-9(13)7-10-5-3-4-6-11(10)8-14-12-2/h3-6H,2,7-8H2,1H3. The molecule has 0 saturated heterocycles. The second kappa shape index (κ2) is 5.17. The highest BCUT2D eigenvalue weighted by molar-refractivity contribution is 5.78. The van der Waals surface area contributed by atoms with Crippen LogP contribution in [-0.4, -0.2) is 12.5 Å². The second-order valence-electron chi connectivity index (χ2n) is 3.05. The molecule has 0 saturated carbocycles. The Balaban J connectivity index is 2.79. The van der Waals surface area contributed by atoms with Crippen LogP contribution in [0.5, 0.6) is 0 Å². The molecule has 3 heteroatoms. The summed E-state index contributed by atoms with van der Waals surface area (Å²) in [5.74, 6) is 0.143. The van der Waals surface area contributed by atoms with Gasteiger partial charge in [0.05, 0.1) is 0 Å². The van der Waals surface area contributed by atoms with E-state index in [1.807, 2.05) is 24.3 Å². The Kier molecular flexibility index (Phi) is 3.85. The Bertz CT molecular complexity index is 334. The molecule has 1 aromatic carbocycles. The number of nitrogens with zero attached hydrogens (tertiary/aromatic N) is 1. The summed E-state index contributed by atoms with van der Waals surface area (Å²) in [5.41, 5.74) is 1.97. The van der Waals surface area contributed by atoms with E-state index in [0.717, 1.165) is 11.1 Å². The Morgan fingerprint density at radius 2 is 2.07 bits per heavy atom. The number of carbonyl (C=O) groups is 1. The van der Waals surface area contributed by atoms with Crippen LogP contribution in [0.15, 0.2) is 29.4 Å². The molecule has 0 heterocycles. The van der Waals surface area contributed by atoms with E-state index in [9.17, 15) is 4.79 Å². The van der Waals surface area contributed by atoms with Gasteiger partial charge in [0.2, 0.25) is 0 Å². The average Bonchev–Trinajstić information content (AvgIpc) is 2.16. The van der Waals surface area contributed by atoms with Crippen molar-refractivity contribution in [3.8, 4) is 0 Å². The minimum absolute atomic E-state index is 0.143. The van der Waals surface area contributed by atoms with Gasteiger partial charge in [-0.3, -0.25) is 4.79 Å². The largest absolute Gasteiger partial charge is 0.391 e. The monoisotopic (exact) mass is 191 g/mol. The summed E-state index contributed by atoms with van der Waals surface area (Å²) in [6, 6.07) is 7.65. The quantitative estimate of drug-likeness (QED) is 0.527. The molecule has 74 valence electrons. The van der Waals surface area contributed by atoms with Gasteiger partial charge in [-0.15, -0.1) is 5.16 Å². The smallest absolute Gasteiger partial charge is 0.142 e. The minimum Gasteiger partial charge on any atom is -0.391 e. The van der Waals surface area contributed by atoms with Gasteiger partial charge in [0, 0.05) is 13.1 Å². The van der Waals surface area contributed by atoms with Crippen LogP contribution < -0.4 is 0 Å². The molecule has 1 rings (SSSR count). The molecular formula is C11H13NO2. The SMILES string of the molecule is C=NOCc1ccccc1CC(C)=O. The van der Waals surface area contributed by atoms with Crippen LogP contribution in [0.1, 0.15) is 18.1 Å². The third kappa shape index (κ3) is 3.01. The molecule has 0 aliphatic rings. The first-order valence-corrected chi connectivity index (χ1v) is 4.38. The molecule has 0 aliphatic heterocycles. The molecular weight excluding hydrogens is 178 g/mol. The maximum atomic E-state index is 11.0. The number of hydrogen-bond donors (Lipinski definition) is 0. The van der Waals surface area contributed by atoms with Crippen LogP contribution in [0.3, 0.4) is 0 Å². The summed E-state index contributed by atoms with van der Waals surface area (Å²) in [5, 5.41) is 3.32. The number of ketones is 1. The first-order valence-electron chi connectivity index (χ1n) is 4.38. The van der Waals surface area contributed by atoms with Crippen LogP contribution in [0.25, 0.3) is 0 Å². The van der Waals surface area contributed by atoms with Crippen LogP contribution in [-0.2, 0) is 22.7 Å².